The van der Waals surface area contributed by atoms with E-state index in [1.54, 1.807) is 18.2 Å². The molecule has 0 saturated carbocycles. The molecule has 5 rings (SSSR count). The van der Waals surface area contributed by atoms with Crippen LogP contribution in [0.5, 0.6) is 0 Å². The zero-order valence-corrected chi connectivity index (χ0v) is 18.4. The normalized spacial score (nSPS) is 11.4. The summed E-state index contributed by atoms with van der Waals surface area (Å²) in [6, 6.07) is 25.1. The smallest absolute Gasteiger partial charge is 0.244 e. The number of halogens is 1. The van der Waals surface area contributed by atoms with Crippen LogP contribution < -0.4 is 11.1 Å². The van der Waals surface area contributed by atoms with Crippen molar-refractivity contribution in [2.75, 3.05) is 5.73 Å². The van der Waals surface area contributed by atoms with Crippen LogP contribution in [0.15, 0.2) is 84.9 Å². The molecule has 0 fully saturated rings. The molecular formula is C27H21ClN4O. The van der Waals surface area contributed by atoms with Crippen molar-refractivity contribution in [2.24, 2.45) is 0 Å². The quantitative estimate of drug-likeness (QED) is 0.227. The van der Waals surface area contributed by atoms with Gasteiger partial charge in [-0.05, 0) is 48.0 Å². The van der Waals surface area contributed by atoms with Gasteiger partial charge in [-0.1, -0.05) is 54.1 Å². The maximum atomic E-state index is 12.4. The summed E-state index contributed by atoms with van der Waals surface area (Å²) >= 11 is 6.09. The highest BCUT2D eigenvalue weighted by Gasteiger charge is 2.14. The minimum Gasteiger partial charge on any atom is -0.399 e. The van der Waals surface area contributed by atoms with E-state index in [9.17, 15) is 4.79 Å². The fraction of sp³-hybridized carbons (Fsp3) is 0.0370. The second kappa shape index (κ2) is 8.81. The van der Waals surface area contributed by atoms with Crippen LogP contribution in [-0.4, -0.2) is 15.9 Å². The SMILES string of the molecule is Nc1ccc(/C=C/C(=O)NCc2cc3c([nH]c4ccccc43)c(-c3ccc(Cl)cc3)n2)cc1. The largest absolute Gasteiger partial charge is 0.399 e. The molecule has 2 aromatic heterocycles. The molecule has 5 aromatic rings. The molecule has 4 N–H and O–H groups in total. The Morgan fingerprint density at radius 3 is 2.55 bits per heavy atom. The van der Waals surface area contributed by atoms with Crippen LogP contribution in [0.1, 0.15) is 11.3 Å². The highest BCUT2D eigenvalue weighted by molar-refractivity contribution is 6.30. The van der Waals surface area contributed by atoms with Crippen LogP contribution in [0.4, 0.5) is 5.69 Å². The lowest BCUT2D eigenvalue weighted by Gasteiger charge is -2.08. The molecule has 33 heavy (non-hydrogen) atoms. The van der Waals surface area contributed by atoms with Gasteiger partial charge in [-0.25, -0.2) is 4.98 Å². The first-order valence-electron chi connectivity index (χ1n) is 10.5. The molecule has 0 aliphatic rings. The van der Waals surface area contributed by atoms with Gasteiger partial charge in [0.25, 0.3) is 0 Å². The highest BCUT2D eigenvalue weighted by Crippen LogP contribution is 2.33. The number of hydrogen-bond acceptors (Lipinski definition) is 3. The molecule has 0 aliphatic carbocycles. The molecule has 162 valence electrons. The van der Waals surface area contributed by atoms with Crippen molar-refractivity contribution in [3.8, 4) is 11.3 Å². The minimum atomic E-state index is -0.194. The standard InChI is InChI=1S/C27H21ClN4O/c28-19-10-8-18(9-11-19)26-27-23(22-3-1-2-4-24(22)32-27)15-21(31-26)16-30-25(33)14-7-17-5-12-20(29)13-6-17/h1-15,32H,16,29H2,(H,30,33)/b14-7+. The van der Waals surface area contributed by atoms with Crippen molar-refractivity contribution in [2.45, 2.75) is 6.54 Å². The first-order chi connectivity index (χ1) is 16.1. The summed E-state index contributed by atoms with van der Waals surface area (Å²) in [5.41, 5.74) is 11.8. The van der Waals surface area contributed by atoms with E-state index in [1.807, 2.05) is 60.7 Å². The van der Waals surface area contributed by atoms with E-state index < -0.39 is 0 Å². The zero-order valence-electron chi connectivity index (χ0n) is 17.7. The number of anilines is 1. The van der Waals surface area contributed by atoms with Gasteiger partial charge in [0.15, 0.2) is 0 Å². The lowest BCUT2D eigenvalue weighted by Crippen LogP contribution is -2.21. The van der Waals surface area contributed by atoms with Gasteiger partial charge < -0.3 is 16.0 Å². The second-order valence-corrected chi connectivity index (χ2v) is 8.22. The number of hydrogen-bond donors (Lipinski definition) is 3. The van der Waals surface area contributed by atoms with E-state index in [2.05, 4.69) is 16.4 Å². The number of nitrogens with zero attached hydrogens (tertiary/aromatic N) is 1. The first-order valence-corrected chi connectivity index (χ1v) is 10.9. The number of nitrogen functional groups attached to an aromatic ring is 1. The maximum absolute atomic E-state index is 12.4. The summed E-state index contributed by atoms with van der Waals surface area (Å²) < 4.78 is 0. The van der Waals surface area contributed by atoms with Gasteiger partial charge in [0.1, 0.15) is 0 Å². The Morgan fingerprint density at radius 1 is 1.00 bits per heavy atom. The zero-order chi connectivity index (χ0) is 22.8. The second-order valence-electron chi connectivity index (χ2n) is 7.78. The lowest BCUT2D eigenvalue weighted by atomic mass is 10.1. The van der Waals surface area contributed by atoms with Crippen LogP contribution in [0, 0.1) is 0 Å². The lowest BCUT2D eigenvalue weighted by molar-refractivity contribution is -0.116. The summed E-state index contributed by atoms with van der Waals surface area (Å²) in [7, 11) is 0. The van der Waals surface area contributed by atoms with Crippen LogP contribution in [0.3, 0.4) is 0 Å². The predicted molar refractivity (Wildman–Crippen MR) is 136 cm³/mol. The molecule has 1 amide bonds. The van der Waals surface area contributed by atoms with Crippen LogP contribution >= 0.6 is 11.6 Å². The number of aromatic amines is 1. The van der Waals surface area contributed by atoms with Gasteiger partial charge in [-0.3, -0.25) is 4.79 Å². The first kappa shape index (κ1) is 20.8. The molecule has 3 aromatic carbocycles. The molecular weight excluding hydrogens is 432 g/mol. The number of benzene rings is 3. The van der Waals surface area contributed by atoms with E-state index in [0.717, 1.165) is 44.3 Å². The monoisotopic (exact) mass is 452 g/mol. The van der Waals surface area contributed by atoms with Gasteiger partial charge in [-0.15, -0.1) is 0 Å². The Morgan fingerprint density at radius 2 is 1.76 bits per heavy atom. The summed E-state index contributed by atoms with van der Waals surface area (Å²) in [4.78, 5) is 20.8. The Kier molecular flexibility index (Phi) is 5.55. The third-order valence-corrected chi connectivity index (χ3v) is 5.73. The summed E-state index contributed by atoms with van der Waals surface area (Å²) in [6.45, 7) is 0.306. The van der Waals surface area contributed by atoms with E-state index in [1.165, 1.54) is 6.08 Å². The summed E-state index contributed by atoms with van der Waals surface area (Å²) in [5, 5.41) is 5.77. The molecule has 0 saturated heterocycles. The Hall–Kier alpha value is -4.09. The molecule has 0 bridgehead atoms. The number of nitrogens with two attached hydrogens (primary N) is 1. The molecule has 0 radical (unpaired) electrons. The van der Waals surface area contributed by atoms with E-state index in [4.69, 9.17) is 22.3 Å². The van der Waals surface area contributed by atoms with Crippen molar-refractivity contribution in [1.82, 2.24) is 15.3 Å². The van der Waals surface area contributed by atoms with E-state index >= 15 is 0 Å². The van der Waals surface area contributed by atoms with E-state index in [-0.39, 0.29) is 5.91 Å². The third-order valence-electron chi connectivity index (χ3n) is 5.47. The third kappa shape index (κ3) is 4.45. The number of amides is 1. The van der Waals surface area contributed by atoms with Crippen molar-refractivity contribution in [3.05, 3.63) is 101 Å². The highest BCUT2D eigenvalue weighted by atomic mass is 35.5. The number of rotatable bonds is 5. The van der Waals surface area contributed by atoms with Crippen molar-refractivity contribution in [3.63, 3.8) is 0 Å². The number of carbonyl (C=O) groups excluding carboxylic acids is 1. The molecule has 0 unspecified atom stereocenters. The van der Waals surface area contributed by atoms with Crippen molar-refractivity contribution < 1.29 is 4.79 Å². The molecule has 6 heteroatoms. The average molecular weight is 453 g/mol. The summed E-state index contributed by atoms with van der Waals surface area (Å²) in [5.74, 6) is -0.194. The van der Waals surface area contributed by atoms with Gasteiger partial charge in [-0.2, -0.15) is 0 Å². The molecule has 0 atom stereocenters. The van der Waals surface area contributed by atoms with Gasteiger partial charge in [0.2, 0.25) is 5.91 Å². The molecule has 5 nitrogen and oxygen atoms in total. The minimum absolute atomic E-state index is 0.194. The maximum Gasteiger partial charge on any atom is 0.244 e. The number of nitrogens with one attached hydrogen (secondary N) is 2. The fourth-order valence-electron chi connectivity index (χ4n) is 3.82. The van der Waals surface area contributed by atoms with Crippen LogP contribution in [-0.2, 0) is 11.3 Å². The number of pyridine rings is 1. The number of aromatic nitrogens is 2. The van der Waals surface area contributed by atoms with Crippen LogP contribution in [0.25, 0.3) is 39.1 Å². The number of fused-ring (bicyclic) bond motifs is 3. The number of para-hydroxylation sites is 1. The van der Waals surface area contributed by atoms with Gasteiger partial charge in [0, 0.05) is 38.6 Å². The Labute approximate surface area is 195 Å². The van der Waals surface area contributed by atoms with E-state index in [0.29, 0.717) is 17.3 Å². The van der Waals surface area contributed by atoms with Gasteiger partial charge in [0.05, 0.1) is 23.4 Å². The average Bonchev–Trinajstić information content (AvgIpc) is 3.21. The Balaban J connectivity index is 1.46. The van der Waals surface area contributed by atoms with Crippen LogP contribution in [0.2, 0.25) is 5.02 Å². The molecule has 0 spiro atoms. The van der Waals surface area contributed by atoms with Gasteiger partial charge >= 0.3 is 0 Å². The van der Waals surface area contributed by atoms with Crippen molar-refractivity contribution >= 4 is 51.1 Å². The fourth-order valence-corrected chi connectivity index (χ4v) is 3.95. The molecule has 0 aliphatic heterocycles. The number of H-pyrrole nitrogens is 1. The Bertz CT molecular complexity index is 1490. The van der Waals surface area contributed by atoms with Crippen molar-refractivity contribution in [1.29, 1.82) is 0 Å². The predicted octanol–water partition coefficient (Wildman–Crippen LogP) is 5.95. The summed E-state index contributed by atoms with van der Waals surface area (Å²) in [6.07, 6.45) is 3.26. The topological polar surface area (TPSA) is 83.8 Å². The number of carbonyl (C=O) groups is 1. The molecule has 2 heterocycles.